The summed E-state index contributed by atoms with van der Waals surface area (Å²) in [5.74, 6) is 0.645. The Morgan fingerprint density at radius 1 is 0.760 bits per heavy atom. The van der Waals surface area contributed by atoms with Crippen LogP contribution in [-0.4, -0.2) is 4.98 Å². The number of nitrogens with two attached hydrogens (primary N) is 3. The van der Waals surface area contributed by atoms with Crippen molar-refractivity contribution in [2.24, 2.45) is 0 Å². The van der Waals surface area contributed by atoms with Gasteiger partial charge in [-0.3, -0.25) is 0 Å². The molecule has 132 valence electrons. The van der Waals surface area contributed by atoms with Crippen molar-refractivity contribution in [2.75, 3.05) is 17.2 Å². The van der Waals surface area contributed by atoms with E-state index in [0.29, 0.717) is 11.5 Å². The van der Waals surface area contributed by atoms with E-state index in [1.807, 2.05) is 36.4 Å². The van der Waals surface area contributed by atoms with Gasteiger partial charge in [-0.1, -0.05) is 60.7 Å². The number of thioether (sulfide) groups is 1. The summed E-state index contributed by atoms with van der Waals surface area (Å²) in [5, 5.41) is 0.0981. The van der Waals surface area contributed by atoms with Crippen LogP contribution in [0, 0.1) is 0 Å². The van der Waals surface area contributed by atoms with Crippen LogP contribution >= 0.6 is 36.6 Å². The van der Waals surface area contributed by atoms with Crippen molar-refractivity contribution < 1.29 is 0 Å². The van der Waals surface area contributed by atoms with E-state index in [9.17, 15) is 0 Å². The molecule has 0 unspecified atom stereocenters. The number of anilines is 3. The van der Waals surface area contributed by atoms with E-state index in [0.717, 1.165) is 4.90 Å². The molecule has 6 N–H and O–H groups in total. The van der Waals surface area contributed by atoms with Gasteiger partial charge in [0.05, 0.1) is 10.9 Å². The van der Waals surface area contributed by atoms with E-state index in [2.05, 4.69) is 29.2 Å². The lowest BCUT2D eigenvalue weighted by molar-refractivity contribution is 1.15. The third kappa shape index (κ3) is 4.95. The summed E-state index contributed by atoms with van der Waals surface area (Å²) in [6.07, 6.45) is 0. The highest BCUT2D eigenvalue weighted by Gasteiger charge is 2.18. The van der Waals surface area contributed by atoms with Crippen LogP contribution < -0.4 is 17.2 Å². The highest BCUT2D eigenvalue weighted by atomic mass is 35.5. The fourth-order valence-electron chi connectivity index (χ4n) is 2.38. The molecule has 0 bridgehead atoms. The minimum atomic E-state index is 0. The van der Waals surface area contributed by atoms with Gasteiger partial charge in [-0.15, -0.1) is 36.6 Å². The number of nitrogens with zero attached hydrogens (tertiary/aromatic N) is 1. The minimum Gasteiger partial charge on any atom is -0.395 e. The Bertz CT molecular complexity index is 761. The molecule has 0 radical (unpaired) electrons. The second-order valence-electron chi connectivity index (χ2n) is 5.16. The quantitative estimate of drug-likeness (QED) is 0.564. The summed E-state index contributed by atoms with van der Waals surface area (Å²) >= 11 is 1.62. The number of rotatable bonds is 4. The lowest BCUT2D eigenvalue weighted by atomic mass is 10.0. The predicted octanol–water partition coefficient (Wildman–Crippen LogP) is 4.55. The van der Waals surface area contributed by atoms with Crippen molar-refractivity contribution >= 4 is 53.9 Å². The Morgan fingerprint density at radius 2 is 1.24 bits per heavy atom. The van der Waals surface area contributed by atoms with Gasteiger partial charge in [0.1, 0.15) is 11.6 Å². The van der Waals surface area contributed by atoms with E-state index in [-0.39, 0.29) is 35.9 Å². The van der Waals surface area contributed by atoms with Crippen LogP contribution in [0.1, 0.15) is 16.4 Å². The molecule has 0 amide bonds. The van der Waals surface area contributed by atoms with Gasteiger partial charge in [-0.2, -0.15) is 0 Å². The Labute approximate surface area is 164 Å². The van der Waals surface area contributed by atoms with Crippen molar-refractivity contribution in [2.45, 2.75) is 10.1 Å². The van der Waals surface area contributed by atoms with Crippen molar-refractivity contribution in [1.29, 1.82) is 0 Å². The molecule has 0 fully saturated rings. The summed E-state index contributed by atoms with van der Waals surface area (Å²) in [6.45, 7) is 0. The largest absolute Gasteiger partial charge is 0.395 e. The van der Waals surface area contributed by atoms with Gasteiger partial charge in [0, 0.05) is 4.90 Å². The second-order valence-corrected chi connectivity index (χ2v) is 6.31. The molecular formula is C18H20Cl2N4S. The zero-order valence-corrected chi connectivity index (χ0v) is 15.8. The van der Waals surface area contributed by atoms with Crippen molar-refractivity contribution in [3.63, 3.8) is 0 Å². The summed E-state index contributed by atoms with van der Waals surface area (Å²) in [4.78, 5) is 4.84. The molecule has 0 aliphatic rings. The maximum absolute atomic E-state index is 6.09. The fraction of sp³-hybridized carbons (Fsp3) is 0.0556. The van der Waals surface area contributed by atoms with Crippen LogP contribution in [0.3, 0.4) is 0 Å². The van der Waals surface area contributed by atoms with Gasteiger partial charge < -0.3 is 17.2 Å². The average molecular weight is 395 g/mol. The van der Waals surface area contributed by atoms with Crippen molar-refractivity contribution in [3.05, 3.63) is 77.9 Å². The molecular weight excluding hydrogens is 375 g/mol. The number of nitrogen functional groups attached to an aromatic ring is 3. The van der Waals surface area contributed by atoms with Gasteiger partial charge in [-0.25, -0.2) is 4.98 Å². The van der Waals surface area contributed by atoms with Gasteiger partial charge in [0.25, 0.3) is 0 Å². The highest BCUT2D eigenvalue weighted by Crippen LogP contribution is 2.43. The molecule has 0 aliphatic heterocycles. The lowest BCUT2D eigenvalue weighted by Crippen LogP contribution is -2.04. The molecule has 0 atom stereocenters. The highest BCUT2D eigenvalue weighted by molar-refractivity contribution is 8.00. The van der Waals surface area contributed by atoms with Crippen LogP contribution in [0.25, 0.3) is 0 Å². The number of benzene rings is 2. The van der Waals surface area contributed by atoms with Crippen LogP contribution in [0.15, 0.2) is 71.6 Å². The SMILES string of the molecule is Cl.Cl.Nc1cc(SC(c2ccccc2)c2ccccc2)c(N)c(N)n1. The topological polar surface area (TPSA) is 91.0 Å². The summed E-state index contributed by atoms with van der Waals surface area (Å²) in [7, 11) is 0. The van der Waals surface area contributed by atoms with E-state index in [4.69, 9.17) is 17.2 Å². The first-order chi connectivity index (χ1) is 11.1. The fourth-order valence-corrected chi connectivity index (χ4v) is 3.64. The zero-order valence-electron chi connectivity index (χ0n) is 13.3. The Kier molecular flexibility index (Phi) is 7.90. The summed E-state index contributed by atoms with van der Waals surface area (Å²) in [5.41, 5.74) is 20.6. The number of aromatic nitrogens is 1. The number of hydrogen-bond donors (Lipinski definition) is 3. The smallest absolute Gasteiger partial charge is 0.150 e. The first-order valence-corrected chi connectivity index (χ1v) is 8.11. The predicted molar refractivity (Wildman–Crippen MR) is 113 cm³/mol. The molecule has 0 saturated heterocycles. The second kappa shape index (κ2) is 9.42. The van der Waals surface area contributed by atoms with Crippen LogP contribution in [0.5, 0.6) is 0 Å². The summed E-state index contributed by atoms with van der Waals surface area (Å²) < 4.78 is 0. The number of pyridine rings is 1. The molecule has 0 spiro atoms. The maximum Gasteiger partial charge on any atom is 0.150 e. The summed E-state index contributed by atoms with van der Waals surface area (Å²) in [6, 6.07) is 22.3. The van der Waals surface area contributed by atoms with E-state index in [1.54, 1.807) is 17.8 Å². The van der Waals surface area contributed by atoms with Crippen molar-refractivity contribution in [3.8, 4) is 0 Å². The molecule has 0 aliphatic carbocycles. The number of halogens is 2. The Hall–Kier alpha value is -2.08. The van der Waals surface area contributed by atoms with Gasteiger partial charge in [0.15, 0.2) is 0 Å². The van der Waals surface area contributed by atoms with E-state index >= 15 is 0 Å². The van der Waals surface area contributed by atoms with Crippen LogP contribution in [0.4, 0.5) is 17.3 Å². The average Bonchev–Trinajstić information content (AvgIpc) is 2.58. The molecule has 2 aromatic carbocycles. The third-order valence-electron chi connectivity index (χ3n) is 3.52. The normalized spacial score (nSPS) is 9.96. The van der Waals surface area contributed by atoms with Gasteiger partial charge in [0.2, 0.25) is 0 Å². The Balaban J connectivity index is 0.00000156. The molecule has 4 nitrogen and oxygen atoms in total. The van der Waals surface area contributed by atoms with Gasteiger partial charge in [-0.05, 0) is 17.2 Å². The maximum atomic E-state index is 6.09. The van der Waals surface area contributed by atoms with Crippen LogP contribution in [-0.2, 0) is 0 Å². The molecule has 1 heterocycles. The van der Waals surface area contributed by atoms with Crippen molar-refractivity contribution in [1.82, 2.24) is 4.98 Å². The molecule has 3 aromatic rings. The van der Waals surface area contributed by atoms with E-state index < -0.39 is 0 Å². The first kappa shape index (κ1) is 21.0. The standard InChI is InChI=1S/C18H18N4S.2ClH/c19-15-11-14(16(20)18(21)22-15)23-17(12-7-3-1-4-8-12)13-9-5-2-6-10-13;;/h1-11,17H,20H2,(H4,19,21,22);2*1H. The van der Waals surface area contributed by atoms with E-state index in [1.165, 1.54) is 11.1 Å². The monoisotopic (exact) mass is 394 g/mol. The number of hydrogen-bond acceptors (Lipinski definition) is 5. The zero-order chi connectivity index (χ0) is 16.2. The third-order valence-corrected chi connectivity index (χ3v) is 4.89. The molecule has 3 rings (SSSR count). The molecule has 7 heteroatoms. The first-order valence-electron chi connectivity index (χ1n) is 7.23. The van der Waals surface area contributed by atoms with Crippen LogP contribution in [0.2, 0.25) is 0 Å². The molecule has 1 aromatic heterocycles. The lowest BCUT2D eigenvalue weighted by Gasteiger charge is -2.19. The van der Waals surface area contributed by atoms with Gasteiger partial charge >= 0.3 is 0 Å². The molecule has 0 saturated carbocycles. The Morgan fingerprint density at radius 3 is 1.72 bits per heavy atom. The molecule has 25 heavy (non-hydrogen) atoms. The minimum absolute atomic E-state index is 0.